The van der Waals surface area contributed by atoms with Crippen molar-refractivity contribution in [3.63, 3.8) is 0 Å². The van der Waals surface area contributed by atoms with Gasteiger partial charge in [0.1, 0.15) is 5.75 Å². The Morgan fingerprint density at radius 2 is 2.04 bits per heavy atom. The second kappa shape index (κ2) is 8.19. The molecule has 3 N–H and O–H groups in total. The van der Waals surface area contributed by atoms with Crippen molar-refractivity contribution < 1.29 is 22.7 Å². The molecule has 2 unspecified atom stereocenters. The van der Waals surface area contributed by atoms with Crippen molar-refractivity contribution in [2.75, 3.05) is 6.61 Å². The molecule has 0 radical (unpaired) electrons. The average Bonchev–Trinajstić information content (AvgIpc) is 2.49. The third-order valence-electron chi connectivity index (χ3n) is 3.63. The van der Waals surface area contributed by atoms with E-state index in [2.05, 4.69) is 5.32 Å². The molecule has 130 valence electrons. The molecule has 0 aliphatic rings. The zero-order chi connectivity index (χ0) is 17.6. The van der Waals surface area contributed by atoms with Crippen LogP contribution >= 0.6 is 0 Å². The first-order chi connectivity index (χ1) is 10.6. The predicted octanol–water partition coefficient (Wildman–Crippen LogP) is 2.93. The van der Waals surface area contributed by atoms with E-state index in [4.69, 9.17) is 10.5 Å². The first-order valence-corrected chi connectivity index (χ1v) is 7.46. The molecule has 1 aromatic carbocycles. The topological polar surface area (TPSA) is 64.4 Å². The molecule has 4 nitrogen and oxygen atoms in total. The van der Waals surface area contributed by atoms with E-state index < -0.39 is 18.8 Å². The number of carbonyl (C=O) groups excluding carboxylic acids is 1. The number of carbonyl (C=O) groups is 1. The van der Waals surface area contributed by atoms with E-state index in [-0.39, 0.29) is 24.1 Å². The quantitative estimate of drug-likeness (QED) is 0.807. The number of ether oxygens (including phenoxy) is 1. The van der Waals surface area contributed by atoms with Crippen molar-refractivity contribution in [3.8, 4) is 5.75 Å². The SMILES string of the molecule is CCC(C)C(N)C(=O)NCc1ccc(C)cc1OCC(F)(F)F. The molecule has 23 heavy (non-hydrogen) atoms. The molecule has 0 heterocycles. The maximum atomic E-state index is 12.3. The van der Waals surface area contributed by atoms with Gasteiger partial charge >= 0.3 is 6.18 Å². The van der Waals surface area contributed by atoms with Crippen molar-refractivity contribution in [3.05, 3.63) is 29.3 Å². The largest absolute Gasteiger partial charge is 0.484 e. The minimum Gasteiger partial charge on any atom is -0.484 e. The average molecular weight is 332 g/mol. The van der Waals surface area contributed by atoms with Crippen molar-refractivity contribution in [1.29, 1.82) is 0 Å². The van der Waals surface area contributed by atoms with Gasteiger partial charge in [-0.05, 0) is 24.5 Å². The third kappa shape index (κ3) is 6.48. The lowest BCUT2D eigenvalue weighted by atomic mass is 9.99. The van der Waals surface area contributed by atoms with Crippen LogP contribution in [-0.2, 0) is 11.3 Å². The second-order valence-electron chi connectivity index (χ2n) is 5.64. The molecule has 1 amide bonds. The highest BCUT2D eigenvalue weighted by molar-refractivity contribution is 5.81. The number of amides is 1. The first kappa shape index (κ1) is 19.3. The molecule has 0 saturated heterocycles. The number of hydrogen-bond donors (Lipinski definition) is 2. The Hall–Kier alpha value is -1.76. The van der Waals surface area contributed by atoms with Crippen molar-refractivity contribution in [2.45, 2.75) is 46.0 Å². The van der Waals surface area contributed by atoms with Crippen molar-refractivity contribution in [1.82, 2.24) is 5.32 Å². The lowest BCUT2D eigenvalue weighted by Crippen LogP contribution is -2.44. The summed E-state index contributed by atoms with van der Waals surface area (Å²) >= 11 is 0. The molecule has 7 heteroatoms. The Morgan fingerprint density at radius 1 is 1.39 bits per heavy atom. The van der Waals surface area contributed by atoms with Gasteiger partial charge in [-0.1, -0.05) is 32.4 Å². The Bertz CT molecular complexity index is 533. The molecule has 0 spiro atoms. The first-order valence-electron chi connectivity index (χ1n) is 7.46. The molecule has 0 aliphatic heterocycles. The summed E-state index contributed by atoms with van der Waals surface area (Å²) in [7, 11) is 0. The molecule has 1 rings (SSSR count). The van der Waals surface area contributed by atoms with Crippen LogP contribution in [0.15, 0.2) is 18.2 Å². The van der Waals surface area contributed by atoms with Crippen LogP contribution in [0.1, 0.15) is 31.4 Å². The number of halogens is 3. The highest BCUT2D eigenvalue weighted by atomic mass is 19.4. The van der Waals surface area contributed by atoms with E-state index in [1.165, 1.54) is 6.07 Å². The standard InChI is InChI=1S/C16H23F3N2O2/c1-4-11(3)14(20)15(22)21-8-12-6-5-10(2)7-13(12)23-9-16(17,18)19/h5-7,11,14H,4,8-9,20H2,1-3H3,(H,21,22). The fourth-order valence-corrected chi connectivity index (χ4v) is 1.91. The van der Waals surface area contributed by atoms with Crippen LogP contribution in [0, 0.1) is 12.8 Å². The molecule has 2 atom stereocenters. The van der Waals surface area contributed by atoms with Gasteiger partial charge in [0.2, 0.25) is 5.91 Å². The second-order valence-corrected chi connectivity index (χ2v) is 5.64. The van der Waals surface area contributed by atoms with Gasteiger partial charge in [0.15, 0.2) is 6.61 Å². The van der Waals surface area contributed by atoms with Crippen LogP contribution in [0.25, 0.3) is 0 Å². The molecule has 0 fully saturated rings. The Labute approximate surface area is 134 Å². The summed E-state index contributed by atoms with van der Waals surface area (Å²) in [6.45, 7) is 4.25. The fraction of sp³-hybridized carbons (Fsp3) is 0.562. The van der Waals surface area contributed by atoms with Crippen LogP contribution in [0.5, 0.6) is 5.75 Å². The van der Waals surface area contributed by atoms with Crippen LogP contribution in [0.3, 0.4) is 0 Å². The monoisotopic (exact) mass is 332 g/mol. The summed E-state index contributed by atoms with van der Waals surface area (Å²) in [5.41, 5.74) is 7.07. The van der Waals surface area contributed by atoms with Crippen molar-refractivity contribution in [2.24, 2.45) is 11.7 Å². The van der Waals surface area contributed by atoms with E-state index >= 15 is 0 Å². The zero-order valence-electron chi connectivity index (χ0n) is 13.5. The van der Waals surface area contributed by atoms with E-state index in [0.29, 0.717) is 5.56 Å². The summed E-state index contributed by atoms with van der Waals surface area (Å²) < 4.78 is 41.8. The number of alkyl halides is 3. The number of aryl methyl sites for hydroxylation is 1. The summed E-state index contributed by atoms with van der Waals surface area (Å²) in [4.78, 5) is 12.0. The van der Waals surface area contributed by atoms with Gasteiger partial charge in [0.25, 0.3) is 0 Å². The number of rotatable bonds is 7. The van der Waals surface area contributed by atoms with Gasteiger partial charge < -0.3 is 15.8 Å². The molecule has 0 aliphatic carbocycles. The maximum Gasteiger partial charge on any atom is 0.422 e. The third-order valence-corrected chi connectivity index (χ3v) is 3.63. The van der Waals surface area contributed by atoms with Gasteiger partial charge in [-0.3, -0.25) is 4.79 Å². The molecule has 0 bridgehead atoms. The molecule has 0 aromatic heterocycles. The van der Waals surface area contributed by atoms with Crippen LogP contribution < -0.4 is 15.8 Å². The number of nitrogens with two attached hydrogens (primary N) is 1. The highest BCUT2D eigenvalue weighted by Crippen LogP contribution is 2.23. The van der Waals surface area contributed by atoms with E-state index in [9.17, 15) is 18.0 Å². The summed E-state index contributed by atoms with van der Waals surface area (Å²) in [6, 6.07) is 4.25. The van der Waals surface area contributed by atoms with E-state index in [0.717, 1.165) is 12.0 Å². The number of hydrogen-bond acceptors (Lipinski definition) is 3. The zero-order valence-corrected chi connectivity index (χ0v) is 13.5. The Morgan fingerprint density at radius 3 is 2.61 bits per heavy atom. The lowest BCUT2D eigenvalue weighted by Gasteiger charge is -2.19. The van der Waals surface area contributed by atoms with Crippen LogP contribution in [-0.4, -0.2) is 24.7 Å². The minimum absolute atomic E-state index is 0.0222. The summed E-state index contributed by atoms with van der Waals surface area (Å²) in [5.74, 6) is -0.199. The Balaban J connectivity index is 2.74. The van der Waals surface area contributed by atoms with Crippen LogP contribution in [0.4, 0.5) is 13.2 Å². The van der Waals surface area contributed by atoms with Gasteiger partial charge in [-0.25, -0.2) is 0 Å². The van der Waals surface area contributed by atoms with Crippen molar-refractivity contribution >= 4 is 5.91 Å². The number of benzene rings is 1. The molecular formula is C16H23F3N2O2. The van der Waals surface area contributed by atoms with Gasteiger partial charge in [0, 0.05) is 12.1 Å². The Kier molecular flexibility index (Phi) is 6.87. The smallest absolute Gasteiger partial charge is 0.422 e. The van der Waals surface area contributed by atoms with Gasteiger partial charge in [0.05, 0.1) is 6.04 Å². The molecule has 1 aromatic rings. The lowest BCUT2D eigenvalue weighted by molar-refractivity contribution is -0.153. The highest BCUT2D eigenvalue weighted by Gasteiger charge is 2.29. The van der Waals surface area contributed by atoms with Gasteiger partial charge in [-0.15, -0.1) is 0 Å². The molecular weight excluding hydrogens is 309 g/mol. The minimum atomic E-state index is -4.41. The summed E-state index contributed by atoms with van der Waals surface area (Å²) in [5, 5.41) is 2.65. The van der Waals surface area contributed by atoms with E-state index in [1.54, 1.807) is 19.1 Å². The maximum absolute atomic E-state index is 12.3. The fourth-order valence-electron chi connectivity index (χ4n) is 1.91. The van der Waals surface area contributed by atoms with E-state index in [1.807, 2.05) is 13.8 Å². The predicted molar refractivity (Wildman–Crippen MR) is 82.0 cm³/mol. The summed E-state index contributed by atoms with van der Waals surface area (Å²) in [6.07, 6.45) is -3.65. The van der Waals surface area contributed by atoms with Crippen LogP contribution in [0.2, 0.25) is 0 Å². The number of nitrogens with one attached hydrogen (secondary N) is 1. The normalized spacial score (nSPS) is 14.2. The molecule has 0 saturated carbocycles. The van der Waals surface area contributed by atoms with Gasteiger partial charge in [-0.2, -0.15) is 13.2 Å².